The fraction of sp³-hybridized carbons (Fsp3) is 0.438. The van der Waals surface area contributed by atoms with Gasteiger partial charge in [0.1, 0.15) is 4.88 Å². The lowest BCUT2D eigenvalue weighted by Gasteiger charge is -2.07. The third-order valence-electron chi connectivity index (χ3n) is 3.10. The number of hydrogen-bond acceptors (Lipinski definition) is 4. The smallest absolute Gasteiger partial charge is 0.206 e. The van der Waals surface area contributed by atoms with E-state index in [9.17, 15) is 4.79 Å². The van der Waals surface area contributed by atoms with Crippen LogP contribution in [0.5, 0.6) is 0 Å². The molecular weight excluding hydrogens is 268 g/mol. The summed E-state index contributed by atoms with van der Waals surface area (Å²) in [4.78, 5) is 13.3. The third kappa shape index (κ3) is 3.31. The van der Waals surface area contributed by atoms with Gasteiger partial charge in [-0.1, -0.05) is 50.4 Å². The molecule has 2 rings (SSSR count). The molecule has 0 saturated carbocycles. The summed E-state index contributed by atoms with van der Waals surface area (Å²) in [6.07, 6.45) is 0.985. The van der Waals surface area contributed by atoms with Crippen molar-refractivity contribution in [3.63, 3.8) is 0 Å². The lowest BCUT2D eigenvalue weighted by atomic mass is 9.98. The summed E-state index contributed by atoms with van der Waals surface area (Å²) >= 11 is 1.19. The second-order valence-electron chi connectivity index (χ2n) is 5.77. The number of carbonyl (C=O) groups is 1. The molecule has 0 bridgehead atoms. The highest BCUT2D eigenvalue weighted by Crippen LogP contribution is 2.23. The Morgan fingerprint density at radius 3 is 2.65 bits per heavy atom. The molecule has 0 fully saturated rings. The molecule has 0 aliphatic carbocycles. The lowest BCUT2D eigenvalue weighted by molar-refractivity contribution is 0.104. The molecule has 2 aromatic rings. The number of hydrogen-bond donors (Lipinski definition) is 0. The summed E-state index contributed by atoms with van der Waals surface area (Å²) in [5.74, 6) is 0.831. The van der Waals surface area contributed by atoms with Crippen molar-refractivity contribution >= 4 is 17.3 Å². The molecule has 0 atom stereocenters. The minimum Gasteiger partial charge on any atom is -0.288 e. The highest BCUT2D eigenvalue weighted by Gasteiger charge is 2.20. The van der Waals surface area contributed by atoms with E-state index < -0.39 is 0 Å². The zero-order valence-corrected chi connectivity index (χ0v) is 13.2. The van der Waals surface area contributed by atoms with E-state index in [0.717, 1.165) is 17.7 Å². The molecule has 0 unspecified atom stereocenters. The van der Waals surface area contributed by atoms with Crippen LogP contribution in [0.4, 0.5) is 0 Å². The zero-order valence-electron chi connectivity index (χ0n) is 12.4. The van der Waals surface area contributed by atoms with Gasteiger partial charge < -0.3 is 0 Å². The van der Waals surface area contributed by atoms with Crippen LogP contribution in [0.2, 0.25) is 0 Å². The number of nitrogens with zero attached hydrogens (tertiary/aromatic N) is 2. The van der Waals surface area contributed by atoms with Crippen molar-refractivity contribution < 1.29 is 4.79 Å². The maximum absolute atomic E-state index is 12.6. The van der Waals surface area contributed by atoms with Crippen molar-refractivity contribution in [1.82, 2.24) is 9.59 Å². The van der Waals surface area contributed by atoms with E-state index in [1.54, 1.807) is 0 Å². The van der Waals surface area contributed by atoms with Gasteiger partial charge in [-0.25, -0.2) is 0 Å². The number of ketones is 1. The SMILES string of the molecule is CC(C)Cc1cccc(C(=O)c2snnc2C(C)C)c1. The molecule has 4 heteroatoms. The Morgan fingerprint density at radius 1 is 1.25 bits per heavy atom. The maximum atomic E-state index is 12.6. The third-order valence-corrected chi connectivity index (χ3v) is 3.84. The van der Waals surface area contributed by atoms with E-state index in [2.05, 4.69) is 29.5 Å². The largest absolute Gasteiger partial charge is 0.288 e. The minimum atomic E-state index is 0.0364. The first kappa shape index (κ1) is 14.9. The van der Waals surface area contributed by atoms with Gasteiger partial charge in [0.2, 0.25) is 5.78 Å². The number of carbonyl (C=O) groups excluding carboxylic acids is 1. The van der Waals surface area contributed by atoms with Crippen LogP contribution in [0, 0.1) is 5.92 Å². The van der Waals surface area contributed by atoms with Crippen LogP contribution in [0.25, 0.3) is 0 Å². The van der Waals surface area contributed by atoms with Crippen molar-refractivity contribution in [3.05, 3.63) is 46.0 Å². The second kappa shape index (κ2) is 6.27. The van der Waals surface area contributed by atoms with Crippen LogP contribution in [0.1, 0.15) is 60.1 Å². The Balaban J connectivity index is 2.31. The summed E-state index contributed by atoms with van der Waals surface area (Å²) < 4.78 is 3.93. The monoisotopic (exact) mass is 288 g/mol. The number of aromatic nitrogens is 2. The molecule has 1 aromatic heterocycles. The first-order valence-electron chi connectivity index (χ1n) is 6.95. The molecule has 1 aromatic carbocycles. The first-order valence-corrected chi connectivity index (χ1v) is 7.72. The summed E-state index contributed by atoms with van der Waals surface area (Å²) in [5.41, 5.74) is 2.74. The molecular formula is C16H20N2OS. The predicted octanol–water partition coefficient (Wildman–Crippen LogP) is 4.09. The van der Waals surface area contributed by atoms with E-state index in [-0.39, 0.29) is 11.7 Å². The van der Waals surface area contributed by atoms with E-state index in [1.165, 1.54) is 17.1 Å². The van der Waals surface area contributed by atoms with Crippen LogP contribution in [-0.4, -0.2) is 15.4 Å². The standard InChI is InChI=1S/C16H20N2OS/c1-10(2)8-12-6-5-7-13(9-12)15(19)16-14(11(3)4)17-18-20-16/h5-7,9-11H,8H2,1-4H3. The highest BCUT2D eigenvalue weighted by atomic mass is 32.1. The Labute approximate surface area is 124 Å². The molecule has 0 saturated heterocycles. The van der Waals surface area contributed by atoms with E-state index >= 15 is 0 Å². The molecule has 0 aliphatic heterocycles. The van der Waals surface area contributed by atoms with Crippen molar-refractivity contribution in [1.29, 1.82) is 0 Å². The fourth-order valence-corrected chi connectivity index (χ4v) is 2.96. The quantitative estimate of drug-likeness (QED) is 0.778. The molecule has 1 heterocycles. The molecule has 20 heavy (non-hydrogen) atoms. The average Bonchev–Trinajstić information content (AvgIpc) is 2.86. The van der Waals surface area contributed by atoms with E-state index in [1.807, 2.05) is 32.0 Å². The molecule has 3 nitrogen and oxygen atoms in total. The van der Waals surface area contributed by atoms with Gasteiger partial charge in [-0.15, -0.1) is 5.10 Å². The Morgan fingerprint density at radius 2 is 2.00 bits per heavy atom. The van der Waals surface area contributed by atoms with Gasteiger partial charge in [0, 0.05) is 5.56 Å². The first-order chi connectivity index (χ1) is 9.49. The fourth-order valence-electron chi connectivity index (χ4n) is 2.17. The van der Waals surface area contributed by atoms with Crippen molar-refractivity contribution in [2.75, 3.05) is 0 Å². The zero-order chi connectivity index (χ0) is 14.7. The van der Waals surface area contributed by atoms with Crippen molar-refractivity contribution in [2.24, 2.45) is 5.92 Å². The normalized spacial score (nSPS) is 11.3. The van der Waals surface area contributed by atoms with Gasteiger partial charge >= 0.3 is 0 Å². The molecule has 0 N–H and O–H groups in total. The van der Waals surface area contributed by atoms with Gasteiger partial charge in [0.15, 0.2) is 0 Å². The minimum absolute atomic E-state index is 0.0364. The molecule has 0 amide bonds. The summed E-state index contributed by atoms with van der Waals surface area (Å²) in [6, 6.07) is 7.89. The van der Waals surface area contributed by atoms with Crippen LogP contribution < -0.4 is 0 Å². The van der Waals surface area contributed by atoms with Crippen molar-refractivity contribution in [2.45, 2.75) is 40.0 Å². The Hall–Kier alpha value is -1.55. The van der Waals surface area contributed by atoms with Crippen LogP contribution in [-0.2, 0) is 6.42 Å². The molecule has 106 valence electrons. The summed E-state index contributed by atoms with van der Waals surface area (Å²) in [5, 5.41) is 4.08. The van der Waals surface area contributed by atoms with E-state index in [0.29, 0.717) is 10.8 Å². The van der Waals surface area contributed by atoms with Crippen LogP contribution in [0.3, 0.4) is 0 Å². The summed E-state index contributed by atoms with van der Waals surface area (Å²) in [7, 11) is 0. The van der Waals surface area contributed by atoms with Gasteiger partial charge in [-0.3, -0.25) is 4.79 Å². The highest BCUT2D eigenvalue weighted by molar-refractivity contribution is 7.08. The van der Waals surface area contributed by atoms with Gasteiger partial charge in [0.05, 0.1) is 5.69 Å². The van der Waals surface area contributed by atoms with Crippen LogP contribution in [0.15, 0.2) is 24.3 Å². The van der Waals surface area contributed by atoms with Crippen LogP contribution >= 0.6 is 11.5 Å². The maximum Gasteiger partial charge on any atom is 0.206 e. The molecule has 0 aliphatic rings. The Kier molecular flexibility index (Phi) is 4.65. The van der Waals surface area contributed by atoms with Gasteiger partial charge in [0.25, 0.3) is 0 Å². The van der Waals surface area contributed by atoms with E-state index in [4.69, 9.17) is 0 Å². The van der Waals surface area contributed by atoms with Crippen molar-refractivity contribution in [3.8, 4) is 0 Å². The Bertz CT molecular complexity index is 602. The number of benzene rings is 1. The summed E-state index contributed by atoms with van der Waals surface area (Å²) in [6.45, 7) is 8.42. The van der Waals surface area contributed by atoms with Gasteiger partial charge in [-0.2, -0.15) is 0 Å². The molecule has 0 spiro atoms. The average molecular weight is 288 g/mol. The second-order valence-corrected chi connectivity index (χ2v) is 6.52. The van der Waals surface area contributed by atoms with Gasteiger partial charge in [-0.05, 0) is 41.4 Å². The lowest BCUT2D eigenvalue weighted by Crippen LogP contribution is -2.05. The topological polar surface area (TPSA) is 42.9 Å². The number of rotatable bonds is 5. The predicted molar refractivity (Wildman–Crippen MR) is 82.4 cm³/mol. The molecule has 0 radical (unpaired) electrons.